The molecule has 0 spiro atoms. The summed E-state index contributed by atoms with van der Waals surface area (Å²) in [5.41, 5.74) is 0.507. The monoisotopic (exact) mass is 308 g/mol. The Labute approximate surface area is 124 Å². The van der Waals surface area contributed by atoms with Gasteiger partial charge in [-0.3, -0.25) is 0 Å². The minimum Gasteiger partial charge on any atom is -0.485 e. The number of halogens is 3. The van der Waals surface area contributed by atoms with E-state index in [1.165, 1.54) is 18.2 Å². The van der Waals surface area contributed by atoms with Gasteiger partial charge in [0.05, 0.1) is 11.1 Å². The van der Waals surface area contributed by atoms with Gasteiger partial charge >= 0.3 is 12.1 Å². The van der Waals surface area contributed by atoms with Crippen molar-refractivity contribution in [2.75, 3.05) is 0 Å². The predicted molar refractivity (Wildman–Crippen MR) is 71.9 cm³/mol. The van der Waals surface area contributed by atoms with Gasteiger partial charge < -0.3 is 9.84 Å². The Kier molecular flexibility index (Phi) is 3.31. The van der Waals surface area contributed by atoms with E-state index in [4.69, 9.17) is 9.84 Å². The quantitative estimate of drug-likeness (QED) is 0.909. The van der Waals surface area contributed by atoms with E-state index in [1.54, 1.807) is 12.1 Å². The minimum atomic E-state index is -4.39. The molecule has 0 amide bonds. The second kappa shape index (κ2) is 5.05. The number of alkyl halides is 3. The van der Waals surface area contributed by atoms with E-state index in [9.17, 15) is 18.0 Å². The number of aromatic carboxylic acids is 1. The molecule has 1 heterocycles. The van der Waals surface area contributed by atoms with E-state index in [2.05, 4.69) is 0 Å². The molecular weight excluding hydrogens is 297 g/mol. The summed E-state index contributed by atoms with van der Waals surface area (Å²) in [5.74, 6) is -0.657. The zero-order valence-corrected chi connectivity index (χ0v) is 11.2. The maximum absolute atomic E-state index is 12.7. The Morgan fingerprint density at radius 3 is 2.64 bits per heavy atom. The van der Waals surface area contributed by atoms with E-state index in [0.29, 0.717) is 16.9 Å². The summed E-state index contributed by atoms with van der Waals surface area (Å²) >= 11 is 0. The van der Waals surface area contributed by atoms with Crippen molar-refractivity contribution >= 4 is 5.97 Å². The molecule has 0 fully saturated rings. The molecule has 1 aliphatic heterocycles. The second-order valence-corrected chi connectivity index (χ2v) is 5.06. The third kappa shape index (κ3) is 2.64. The lowest BCUT2D eigenvalue weighted by Crippen LogP contribution is -2.05. The average molecular weight is 308 g/mol. The zero-order valence-electron chi connectivity index (χ0n) is 11.2. The van der Waals surface area contributed by atoms with Gasteiger partial charge in [-0.1, -0.05) is 12.1 Å². The van der Waals surface area contributed by atoms with E-state index in [0.717, 1.165) is 12.1 Å². The highest BCUT2D eigenvalue weighted by Crippen LogP contribution is 2.40. The number of ether oxygens (including phenoxy) is 1. The molecule has 2 aromatic rings. The molecule has 1 atom stereocenters. The van der Waals surface area contributed by atoms with E-state index in [1.807, 2.05) is 0 Å². The van der Waals surface area contributed by atoms with Gasteiger partial charge in [-0.25, -0.2) is 4.79 Å². The van der Waals surface area contributed by atoms with Crippen LogP contribution in [0.3, 0.4) is 0 Å². The second-order valence-electron chi connectivity index (χ2n) is 5.06. The van der Waals surface area contributed by atoms with Gasteiger partial charge in [-0.2, -0.15) is 13.2 Å². The van der Waals surface area contributed by atoms with Gasteiger partial charge in [0, 0.05) is 6.42 Å². The molecule has 2 aromatic carbocycles. The van der Waals surface area contributed by atoms with Gasteiger partial charge in [0.15, 0.2) is 0 Å². The molecular formula is C16H11F3O3. The molecule has 0 aliphatic carbocycles. The first-order valence-electron chi connectivity index (χ1n) is 6.54. The molecule has 1 N–H and O–H groups in total. The summed E-state index contributed by atoms with van der Waals surface area (Å²) in [6, 6.07) is 9.59. The Bertz CT molecular complexity index is 738. The smallest absolute Gasteiger partial charge is 0.416 e. The summed E-state index contributed by atoms with van der Waals surface area (Å²) in [6.07, 6.45) is -4.59. The lowest BCUT2D eigenvalue weighted by Gasteiger charge is -2.11. The van der Waals surface area contributed by atoms with Crippen molar-refractivity contribution in [2.24, 2.45) is 0 Å². The molecule has 0 radical (unpaired) electrons. The summed E-state index contributed by atoms with van der Waals surface area (Å²) in [6.45, 7) is 0. The maximum atomic E-state index is 12.7. The highest BCUT2D eigenvalue weighted by molar-refractivity contribution is 5.87. The van der Waals surface area contributed by atoms with Crippen molar-refractivity contribution in [1.29, 1.82) is 0 Å². The lowest BCUT2D eigenvalue weighted by atomic mass is 10.0. The van der Waals surface area contributed by atoms with Crippen LogP contribution in [0.15, 0.2) is 42.5 Å². The molecule has 0 saturated carbocycles. The van der Waals surface area contributed by atoms with Crippen LogP contribution in [0.2, 0.25) is 0 Å². The van der Waals surface area contributed by atoms with Crippen molar-refractivity contribution in [3.8, 4) is 5.75 Å². The molecule has 1 aliphatic rings. The third-order valence-corrected chi connectivity index (χ3v) is 3.57. The maximum Gasteiger partial charge on any atom is 0.416 e. The van der Waals surface area contributed by atoms with Crippen LogP contribution in [0.25, 0.3) is 0 Å². The van der Waals surface area contributed by atoms with Crippen LogP contribution in [0, 0.1) is 0 Å². The molecule has 0 unspecified atom stereocenters. The largest absolute Gasteiger partial charge is 0.485 e. The summed E-state index contributed by atoms with van der Waals surface area (Å²) in [5, 5.41) is 8.99. The summed E-state index contributed by atoms with van der Waals surface area (Å²) in [4.78, 5) is 11.0. The van der Waals surface area contributed by atoms with Crippen LogP contribution in [0.4, 0.5) is 13.2 Å². The van der Waals surface area contributed by atoms with E-state index >= 15 is 0 Å². The molecule has 0 aromatic heterocycles. The van der Waals surface area contributed by atoms with Crippen molar-refractivity contribution in [1.82, 2.24) is 0 Å². The van der Waals surface area contributed by atoms with Crippen molar-refractivity contribution in [3.05, 3.63) is 64.7 Å². The topological polar surface area (TPSA) is 46.5 Å². The van der Waals surface area contributed by atoms with Crippen LogP contribution < -0.4 is 4.74 Å². The fourth-order valence-corrected chi connectivity index (χ4v) is 2.48. The summed E-state index contributed by atoms with van der Waals surface area (Å²) < 4.78 is 43.8. The van der Waals surface area contributed by atoms with E-state index in [-0.39, 0.29) is 12.0 Å². The fraction of sp³-hybridized carbons (Fsp3) is 0.188. The highest BCUT2D eigenvalue weighted by Gasteiger charge is 2.33. The third-order valence-electron chi connectivity index (χ3n) is 3.57. The van der Waals surface area contributed by atoms with Crippen LogP contribution in [0.1, 0.15) is 33.2 Å². The normalized spacial score (nSPS) is 17.0. The number of fused-ring (bicyclic) bond motifs is 1. The molecule has 114 valence electrons. The number of hydrogen-bond donors (Lipinski definition) is 1. The molecule has 3 rings (SSSR count). The number of carboxylic acid groups (broad SMARTS) is 1. The van der Waals surface area contributed by atoms with Crippen LogP contribution >= 0.6 is 0 Å². The average Bonchev–Trinajstić information content (AvgIpc) is 2.89. The van der Waals surface area contributed by atoms with Crippen LogP contribution in [-0.4, -0.2) is 11.1 Å². The van der Waals surface area contributed by atoms with Gasteiger partial charge in [0.1, 0.15) is 11.9 Å². The Hall–Kier alpha value is -2.50. The number of benzene rings is 2. The first kappa shape index (κ1) is 14.4. The van der Waals surface area contributed by atoms with Crippen molar-refractivity contribution in [2.45, 2.75) is 18.7 Å². The van der Waals surface area contributed by atoms with Gasteiger partial charge in [-0.15, -0.1) is 0 Å². The summed E-state index contributed by atoms with van der Waals surface area (Å²) in [7, 11) is 0. The number of carbonyl (C=O) groups is 1. The molecule has 22 heavy (non-hydrogen) atoms. The number of carboxylic acids is 1. The molecule has 3 nitrogen and oxygen atoms in total. The Morgan fingerprint density at radius 1 is 1.18 bits per heavy atom. The predicted octanol–water partition coefficient (Wildman–Crippen LogP) is 4.08. The first-order chi connectivity index (χ1) is 10.3. The lowest BCUT2D eigenvalue weighted by molar-refractivity contribution is -0.137. The van der Waals surface area contributed by atoms with Crippen LogP contribution in [-0.2, 0) is 12.6 Å². The highest BCUT2D eigenvalue weighted by atomic mass is 19.4. The molecule has 6 heteroatoms. The SMILES string of the molecule is O=C(O)c1cccc([C@@H]2Cc3cc(C(F)(F)F)ccc3O2)c1. The first-order valence-corrected chi connectivity index (χ1v) is 6.54. The van der Waals surface area contributed by atoms with Gasteiger partial charge in [-0.05, 0) is 41.5 Å². The molecule has 0 bridgehead atoms. The minimum absolute atomic E-state index is 0.119. The standard InChI is InChI=1S/C16H11F3O3/c17-16(18,19)12-4-5-13-11(7-12)8-14(22-13)9-2-1-3-10(6-9)15(20)21/h1-7,14H,8H2,(H,20,21)/t14-/m0/s1. The number of rotatable bonds is 2. The fourth-order valence-electron chi connectivity index (χ4n) is 2.48. The van der Waals surface area contributed by atoms with Crippen molar-refractivity contribution < 1.29 is 27.8 Å². The Morgan fingerprint density at radius 2 is 1.95 bits per heavy atom. The van der Waals surface area contributed by atoms with Crippen molar-refractivity contribution in [3.63, 3.8) is 0 Å². The van der Waals surface area contributed by atoms with E-state index < -0.39 is 23.8 Å². The van der Waals surface area contributed by atoms with Gasteiger partial charge in [0.2, 0.25) is 0 Å². The molecule has 0 saturated heterocycles. The zero-order chi connectivity index (χ0) is 15.9. The number of hydrogen-bond acceptors (Lipinski definition) is 2. The Balaban J connectivity index is 1.88. The van der Waals surface area contributed by atoms with Crippen LogP contribution in [0.5, 0.6) is 5.75 Å². The van der Waals surface area contributed by atoms with Gasteiger partial charge in [0.25, 0.3) is 0 Å².